The summed E-state index contributed by atoms with van der Waals surface area (Å²) in [5, 5.41) is 14.9. The Balaban J connectivity index is 1.81. The van der Waals surface area contributed by atoms with E-state index in [4.69, 9.17) is 19.4 Å². The zero-order valence-corrected chi connectivity index (χ0v) is 25.2. The number of carboxylic acid groups (broad SMARTS) is 1. The van der Waals surface area contributed by atoms with E-state index in [-0.39, 0.29) is 5.91 Å². The molecule has 0 aliphatic rings. The van der Waals surface area contributed by atoms with Gasteiger partial charge in [0.25, 0.3) is 5.91 Å². The lowest BCUT2D eigenvalue weighted by atomic mass is 9.86. The third-order valence-corrected chi connectivity index (χ3v) is 7.29. The van der Waals surface area contributed by atoms with Gasteiger partial charge in [0, 0.05) is 33.7 Å². The second kappa shape index (κ2) is 11.8. The van der Waals surface area contributed by atoms with Crippen LogP contribution >= 0.6 is 0 Å². The quantitative estimate of drug-likeness (QED) is 0.196. The summed E-state index contributed by atoms with van der Waals surface area (Å²) in [6.45, 7) is 9.43. The molecule has 0 saturated heterocycles. The van der Waals surface area contributed by atoms with Crippen molar-refractivity contribution >= 4 is 39.5 Å². The molecule has 0 spiro atoms. The molecular formula is C35H35N3O5. The summed E-state index contributed by atoms with van der Waals surface area (Å²) in [6.07, 6.45) is 1.26. The molecule has 1 unspecified atom stereocenters. The molecule has 2 heterocycles. The van der Waals surface area contributed by atoms with Crippen LogP contribution in [-0.4, -0.2) is 39.7 Å². The number of nitrogens with zero attached hydrogens (tertiary/aromatic N) is 2. The topological polar surface area (TPSA) is 111 Å². The van der Waals surface area contributed by atoms with Crippen molar-refractivity contribution in [1.82, 2.24) is 9.97 Å². The molecule has 3 aromatic carbocycles. The van der Waals surface area contributed by atoms with Crippen molar-refractivity contribution in [2.45, 2.75) is 52.7 Å². The zero-order chi connectivity index (χ0) is 30.9. The van der Waals surface area contributed by atoms with Crippen LogP contribution < -0.4 is 10.1 Å². The number of amides is 1. The number of pyridine rings is 2. The van der Waals surface area contributed by atoms with Gasteiger partial charge in [-0.15, -0.1) is 0 Å². The van der Waals surface area contributed by atoms with Gasteiger partial charge in [-0.25, -0.2) is 9.78 Å². The number of aryl methyl sites for hydroxylation is 2. The van der Waals surface area contributed by atoms with E-state index < -0.39 is 17.7 Å². The predicted octanol–water partition coefficient (Wildman–Crippen LogP) is 7.52. The van der Waals surface area contributed by atoms with Crippen LogP contribution in [0.1, 0.15) is 60.8 Å². The molecule has 8 nitrogen and oxygen atoms in total. The number of benzene rings is 3. The number of hydrogen-bond donors (Lipinski definition) is 2. The summed E-state index contributed by atoms with van der Waals surface area (Å²) in [7, 11) is 1.63. The molecule has 220 valence electrons. The summed E-state index contributed by atoms with van der Waals surface area (Å²) < 4.78 is 11.9. The summed E-state index contributed by atoms with van der Waals surface area (Å²) in [5.74, 6) is -0.306. The van der Waals surface area contributed by atoms with E-state index in [1.165, 1.54) is 0 Å². The summed E-state index contributed by atoms with van der Waals surface area (Å²) in [5.41, 5.74) is 4.73. The fourth-order valence-electron chi connectivity index (χ4n) is 5.45. The van der Waals surface area contributed by atoms with Crippen molar-refractivity contribution in [2.75, 3.05) is 12.4 Å². The molecule has 2 N–H and O–H groups in total. The number of carboxylic acids is 1. The number of carbonyl (C=O) groups excluding carboxylic acids is 1. The Morgan fingerprint density at radius 1 is 1.02 bits per heavy atom. The lowest BCUT2D eigenvalue weighted by Crippen LogP contribution is -2.28. The van der Waals surface area contributed by atoms with Gasteiger partial charge in [-0.2, -0.15) is 0 Å². The van der Waals surface area contributed by atoms with Crippen LogP contribution in [0.25, 0.3) is 32.9 Å². The van der Waals surface area contributed by atoms with Gasteiger partial charge >= 0.3 is 5.97 Å². The maximum atomic E-state index is 12.9. The molecule has 1 amide bonds. The summed E-state index contributed by atoms with van der Waals surface area (Å²) >= 11 is 0. The molecule has 43 heavy (non-hydrogen) atoms. The van der Waals surface area contributed by atoms with Crippen LogP contribution in [0.3, 0.4) is 0 Å². The van der Waals surface area contributed by atoms with E-state index in [1.807, 2.05) is 64.1 Å². The van der Waals surface area contributed by atoms with Crippen molar-refractivity contribution in [3.63, 3.8) is 0 Å². The Morgan fingerprint density at radius 3 is 2.42 bits per heavy atom. The minimum atomic E-state index is -1.26. The highest BCUT2D eigenvalue weighted by atomic mass is 16.5. The second-order valence-electron chi connectivity index (χ2n) is 11.4. The molecule has 0 fully saturated rings. The maximum Gasteiger partial charge on any atom is 0.337 e. The Labute approximate surface area is 250 Å². The molecule has 0 aliphatic heterocycles. The van der Waals surface area contributed by atoms with Crippen LogP contribution in [0.4, 0.5) is 5.82 Å². The summed E-state index contributed by atoms with van der Waals surface area (Å²) in [4.78, 5) is 35.2. The van der Waals surface area contributed by atoms with Crippen LogP contribution in [0.2, 0.25) is 0 Å². The lowest BCUT2D eigenvalue weighted by Gasteiger charge is -2.28. The Hall–Kier alpha value is -4.82. The van der Waals surface area contributed by atoms with Gasteiger partial charge in [0.2, 0.25) is 0 Å². The SMILES string of the molecule is CCc1ccnc2c(-c3c(C(OC(C)(C)C)C(=O)O)c(C)cc4nc(NC(=O)c5ccccc5)ccc34)ccc(OC)c12. The lowest BCUT2D eigenvalue weighted by molar-refractivity contribution is -0.160. The van der Waals surface area contributed by atoms with Gasteiger partial charge in [0.15, 0.2) is 6.10 Å². The molecule has 0 bridgehead atoms. The smallest absolute Gasteiger partial charge is 0.337 e. The van der Waals surface area contributed by atoms with Gasteiger partial charge < -0.3 is 19.9 Å². The van der Waals surface area contributed by atoms with E-state index in [2.05, 4.69) is 12.2 Å². The average Bonchev–Trinajstić information content (AvgIpc) is 2.98. The first-order valence-corrected chi connectivity index (χ1v) is 14.2. The normalized spacial score (nSPS) is 12.3. The standard InChI is InChI=1S/C35H35N3O5/c1-7-21-17-18-36-31-24(13-15-26(42-6)29(21)31)30-23-14-16-27(38-33(39)22-11-9-8-10-12-22)37-25(23)19-20(2)28(30)32(34(40)41)43-35(3,4)5/h8-19,32H,7H2,1-6H3,(H,40,41)(H,37,38,39). The number of methoxy groups -OCH3 is 1. The third-order valence-electron chi connectivity index (χ3n) is 7.29. The van der Waals surface area contributed by atoms with Crippen molar-refractivity contribution in [2.24, 2.45) is 0 Å². The monoisotopic (exact) mass is 577 g/mol. The van der Waals surface area contributed by atoms with E-state index in [0.717, 1.165) is 22.9 Å². The number of rotatable bonds is 8. The number of ether oxygens (including phenoxy) is 2. The molecule has 2 aromatic heterocycles. The van der Waals surface area contributed by atoms with E-state index in [9.17, 15) is 14.7 Å². The van der Waals surface area contributed by atoms with Crippen LogP contribution in [0, 0.1) is 6.92 Å². The number of carbonyl (C=O) groups is 2. The van der Waals surface area contributed by atoms with Gasteiger partial charge in [0.1, 0.15) is 11.6 Å². The molecule has 5 aromatic rings. The molecule has 0 saturated carbocycles. The molecule has 0 aliphatic carbocycles. The number of anilines is 1. The highest BCUT2D eigenvalue weighted by Crippen LogP contribution is 2.44. The van der Waals surface area contributed by atoms with Crippen molar-refractivity contribution in [3.8, 4) is 16.9 Å². The first kappa shape index (κ1) is 29.7. The first-order chi connectivity index (χ1) is 20.5. The van der Waals surface area contributed by atoms with Crippen molar-refractivity contribution < 1.29 is 24.2 Å². The number of aromatic nitrogens is 2. The summed E-state index contributed by atoms with van der Waals surface area (Å²) in [6, 6.07) is 20.1. The minimum absolute atomic E-state index is 0.275. The van der Waals surface area contributed by atoms with Crippen molar-refractivity contribution in [1.29, 1.82) is 0 Å². The molecule has 5 rings (SSSR count). The van der Waals surface area contributed by atoms with E-state index in [1.54, 1.807) is 43.6 Å². The molecule has 8 heteroatoms. The third kappa shape index (κ3) is 5.92. The number of aliphatic carboxylic acids is 1. The van der Waals surface area contributed by atoms with Gasteiger partial charge in [0.05, 0.1) is 23.7 Å². The minimum Gasteiger partial charge on any atom is -0.496 e. The van der Waals surface area contributed by atoms with Gasteiger partial charge in [-0.1, -0.05) is 25.1 Å². The molecular weight excluding hydrogens is 542 g/mol. The first-order valence-electron chi connectivity index (χ1n) is 14.2. The maximum absolute atomic E-state index is 12.9. The molecule has 0 radical (unpaired) electrons. The molecule has 1 atom stereocenters. The number of fused-ring (bicyclic) bond motifs is 2. The highest BCUT2D eigenvalue weighted by molar-refractivity contribution is 6.09. The van der Waals surface area contributed by atoms with Crippen LogP contribution in [0.5, 0.6) is 5.75 Å². The van der Waals surface area contributed by atoms with Gasteiger partial charge in [-0.3, -0.25) is 9.78 Å². The average molecular weight is 578 g/mol. The Kier molecular flexibility index (Phi) is 8.15. The van der Waals surface area contributed by atoms with E-state index >= 15 is 0 Å². The van der Waals surface area contributed by atoms with Crippen LogP contribution in [0.15, 0.2) is 72.9 Å². The van der Waals surface area contributed by atoms with Gasteiger partial charge in [-0.05, 0) is 99.3 Å². The number of nitrogens with one attached hydrogen (secondary N) is 1. The van der Waals surface area contributed by atoms with Crippen LogP contribution in [-0.2, 0) is 16.0 Å². The second-order valence-corrected chi connectivity index (χ2v) is 11.4. The Morgan fingerprint density at radius 2 is 1.77 bits per heavy atom. The largest absolute Gasteiger partial charge is 0.496 e. The fourth-order valence-corrected chi connectivity index (χ4v) is 5.45. The van der Waals surface area contributed by atoms with Crippen molar-refractivity contribution in [3.05, 3.63) is 95.2 Å². The Bertz CT molecular complexity index is 1830. The van der Waals surface area contributed by atoms with E-state index in [0.29, 0.717) is 50.2 Å². The predicted molar refractivity (Wildman–Crippen MR) is 169 cm³/mol. The zero-order valence-electron chi connectivity index (χ0n) is 25.2. The highest BCUT2D eigenvalue weighted by Gasteiger charge is 2.32. The fraction of sp³-hybridized carbons (Fsp3) is 0.257. The number of hydrogen-bond acceptors (Lipinski definition) is 6.